The van der Waals surface area contributed by atoms with Crippen LogP contribution in [-0.2, 0) is 0 Å². The molecule has 0 radical (unpaired) electrons. The Labute approximate surface area is 145 Å². The zero-order chi connectivity index (χ0) is 16.4. The van der Waals surface area contributed by atoms with Gasteiger partial charge in [-0.25, -0.2) is 4.99 Å². The molecule has 0 aliphatic carbocycles. The molecule has 2 atom stereocenters. The number of halogens is 2. The highest BCUT2D eigenvalue weighted by atomic mass is 35.5. The Kier molecular flexibility index (Phi) is 4.64. The summed E-state index contributed by atoms with van der Waals surface area (Å²) in [7, 11) is 1.65. The maximum atomic E-state index is 6.12. The van der Waals surface area contributed by atoms with E-state index in [-0.39, 0.29) is 12.1 Å². The quantitative estimate of drug-likeness (QED) is 0.877. The average Bonchev–Trinajstić information content (AvgIpc) is 2.57. The number of nitrogens with one attached hydrogen (secondary N) is 1. The van der Waals surface area contributed by atoms with Crippen LogP contribution in [0.25, 0.3) is 0 Å². The van der Waals surface area contributed by atoms with Crippen LogP contribution in [0, 0.1) is 0 Å². The number of benzene rings is 2. The molecule has 1 heterocycles. The summed E-state index contributed by atoms with van der Waals surface area (Å²) in [5.41, 5.74) is 8.10. The molecule has 2 unspecified atom stereocenters. The zero-order valence-electron chi connectivity index (χ0n) is 12.6. The van der Waals surface area contributed by atoms with Crippen molar-refractivity contribution in [3.8, 4) is 5.75 Å². The van der Waals surface area contributed by atoms with Crippen molar-refractivity contribution < 1.29 is 4.74 Å². The minimum atomic E-state index is -0.0573. The maximum absolute atomic E-state index is 6.12. The Morgan fingerprint density at radius 3 is 2.43 bits per heavy atom. The number of nitrogens with zero attached hydrogens (tertiary/aromatic N) is 1. The fraction of sp³-hybridized carbons (Fsp3) is 0.235. The molecule has 0 aromatic heterocycles. The molecular formula is C17H17Cl2N3O. The molecule has 120 valence electrons. The summed E-state index contributed by atoms with van der Waals surface area (Å²) in [6, 6.07) is 13.5. The smallest absolute Gasteiger partial charge is 0.189 e. The summed E-state index contributed by atoms with van der Waals surface area (Å²) >= 11 is 12.1. The molecule has 1 aliphatic rings. The minimum Gasteiger partial charge on any atom is -0.497 e. The third-order valence-electron chi connectivity index (χ3n) is 3.92. The first-order valence-electron chi connectivity index (χ1n) is 7.25. The summed E-state index contributed by atoms with van der Waals surface area (Å²) in [6.07, 6.45) is 0.783. The highest BCUT2D eigenvalue weighted by Crippen LogP contribution is 2.35. The first kappa shape index (κ1) is 16.0. The number of methoxy groups -OCH3 is 1. The second kappa shape index (κ2) is 6.69. The molecule has 3 rings (SSSR count). The molecule has 0 saturated heterocycles. The van der Waals surface area contributed by atoms with E-state index in [9.17, 15) is 0 Å². The van der Waals surface area contributed by atoms with Crippen LogP contribution in [0.2, 0.25) is 10.0 Å². The van der Waals surface area contributed by atoms with Crippen LogP contribution >= 0.6 is 23.2 Å². The van der Waals surface area contributed by atoms with E-state index in [2.05, 4.69) is 10.3 Å². The lowest BCUT2D eigenvalue weighted by atomic mass is 9.94. The summed E-state index contributed by atoms with van der Waals surface area (Å²) < 4.78 is 5.20. The van der Waals surface area contributed by atoms with Crippen LogP contribution in [0.5, 0.6) is 5.75 Å². The number of hydrogen-bond donors (Lipinski definition) is 2. The van der Waals surface area contributed by atoms with Gasteiger partial charge in [-0.1, -0.05) is 41.4 Å². The molecule has 0 bridgehead atoms. The maximum Gasteiger partial charge on any atom is 0.189 e. The van der Waals surface area contributed by atoms with Crippen molar-refractivity contribution in [3.05, 3.63) is 63.6 Å². The van der Waals surface area contributed by atoms with Crippen molar-refractivity contribution >= 4 is 29.2 Å². The highest BCUT2D eigenvalue weighted by Gasteiger charge is 2.25. The standard InChI is InChI=1S/C17H17Cl2N3O/c1-23-12-5-2-10(3-6-12)15-9-16(22-17(20)21-15)11-4-7-13(18)14(19)8-11/h2-8,15-16H,9H2,1H3,(H3,20,21,22). The summed E-state index contributed by atoms with van der Waals surface area (Å²) in [5.74, 6) is 1.25. The van der Waals surface area contributed by atoms with E-state index >= 15 is 0 Å². The molecule has 23 heavy (non-hydrogen) atoms. The van der Waals surface area contributed by atoms with E-state index in [4.69, 9.17) is 33.7 Å². The van der Waals surface area contributed by atoms with Crippen LogP contribution in [0.4, 0.5) is 0 Å². The van der Waals surface area contributed by atoms with Crippen LogP contribution in [-0.4, -0.2) is 13.1 Å². The van der Waals surface area contributed by atoms with Crippen molar-refractivity contribution in [3.63, 3.8) is 0 Å². The minimum absolute atomic E-state index is 0.0573. The van der Waals surface area contributed by atoms with Crippen molar-refractivity contribution in [2.75, 3.05) is 7.11 Å². The first-order chi connectivity index (χ1) is 11.1. The van der Waals surface area contributed by atoms with Gasteiger partial charge in [0.15, 0.2) is 5.96 Å². The van der Waals surface area contributed by atoms with Gasteiger partial charge in [0.25, 0.3) is 0 Å². The van der Waals surface area contributed by atoms with Gasteiger partial charge in [0.1, 0.15) is 5.75 Å². The normalized spacial score (nSPS) is 20.6. The third-order valence-corrected chi connectivity index (χ3v) is 4.66. The van der Waals surface area contributed by atoms with Crippen LogP contribution in [0.3, 0.4) is 0 Å². The van der Waals surface area contributed by atoms with E-state index in [1.807, 2.05) is 36.4 Å². The molecule has 1 aliphatic heterocycles. The van der Waals surface area contributed by atoms with Crippen molar-refractivity contribution in [1.29, 1.82) is 0 Å². The van der Waals surface area contributed by atoms with Crippen LogP contribution in [0.1, 0.15) is 29.6 Å². The predicted octanol–water partition coefficient (Wildman–Crippen LogP) is 4.09. The highest BCUT2D eigenvalue weighted by molar-refractivity contribution is 6.42. The Morgan fingerprint density at radius 1 is 1.09 bits per heavy atom. The van der Waals surface area contributed by atoms with E-state index in [1.165, 1.54) is 0 Å². The number of hydrogen-bond acceptors (Lipinski definition) is 4. The number of rotatable bonds is 3. The Morgan fingerprint density at radius 2 is 1.78 bits per heavy atom. The predicted molar refractivity (Wildman–Crippen MR) is 94.3 cm³/mol. The van der Waals surface area contributed by atoms with E-state index in [0.29, 0.717) is 16.0 Å². The van der Waals surface area contributed by atoms with Crippen molar-refractivity contribution in [2.45, 2.75) is 18.5 Å². The van der Waals surface area contributed by atoms with Gasteiger partial charge >= 0.3 is 0 Å². The van der Waals surface area contributed by atoms with Gasteiger partial charge in [-0.15, -0.1) is 0 Å². The van der Waals surface area contributed by atoms with Crippen molar-refractivity contribution in [2.24, 2.45) is 10.7 Å². The molecule has 2 aromatic rings. The summed E-state index contributed by atoms with van der Waals surface area (Å²) in [4.78, 5) is 4.49. The number of guanidine groups is 1. The lowest BCUT2D eigenvalue weighted by Crippen LogP contribution is -2.39. The number of nitrogens with two attached hydrogens (primary N) is 1. The molecule has 0 amide bonds. The third kappa shape index (κ3) is 3.54. The summed E-state index contributed by atoms with van der Waals surface area (Å²) in [5, 5.41) is 4.28. The Bertz CT molecular complexity index is 731. The van der Waals surface area contributed by atoms with E-state index < -0.39 is 0 Å². The lowest BCUT2D eigenvalue weighted by molar-refractivity contribution is 0.414. The molecule has 4 nitrogen and oxygen atoms in total. The first-order valence-corrected chi connectivity index (χ1v) is 8.01. The SMILES string of the molecule is COc1ccc(C2CC(c3ccc(Cl)c(Cl)c3)N=C(N)N2)cc1. The second-order valence-corrected chi connectivity index (χ2v) is 6.22. The van der Waals surface area contributed by atoms with Gasteiger partial charge in [0.05, 0.1) is 29.2 Å². The second-order valence-electron chi connectivity index (χ2n) is 5.41. The van der Waals surface area contributed by atoms with E-state index in [0.717, 1.165) is 23.3 Å². The van der Waals surface area contributed by atoms with Crippen LogP contribution < -0.4 is 15.8 Å². The van der Waals surface area contributed by atoms with Gasteiger partial charge in [0.2, 0.25) is 0 Å². The molecule has 3 N–H and O–H groups in total. The van der Waals surface area contributed by atoms with Gasteiger partial charge in [-0.05, 0) is 41.8 Å². The van der Waals surface area contributed by atoms with Gasteiger partial charge in [0, 0.05) is 0 Å². The van der Waals surface area contributed by atoms with E-state index in [1.54, 1.807) is 13.2 Å². The molecule has 0 fully saturated rings. The molecule has 2 aromatic carbocycles. The fourth-order valence-corrected chi connectivity index (χ4v) is 3.01. The van der Waals surface area contributed by atoms with Crippen LogP contribution in [0.15, 0.2) is 47.5 Å². The number of aliphatic imine (C=N–C) groups is 1. The monoisotopic (exact) mass is 349 g/mol. The molecule has 6 heteroatoms. The molecule has 0 spiro atoms. The van der Waals surface area contributed by atoms with Gasteiger partial charge in [-0.3, -0.25) is 0 Å². The Hall–Kier alpha value is -1.91. The van der Waals surface area contributed by atoms with Gasteiger partial charge < -0.3 is 15.8 Å². The molecule has 0 saturated carbocycles. The average molecular weight is 350 g/mol. The number of ether oxygens (including phenoxy) is 1. The fourth-order valence-electron chi connectivity index (χ4n) is 2.70. The Balaban J connectivity index is 1.85. The van der Waals surface area contributed by atoms with Crippen molar-refractivity contribution in [1.82, 2.24) is 5.32 Å². The summed E-state index contributed by atoms with van der Waals surface area (Å²) in [6.45, 7) is 0. The lowest BCUT2D eigenvalue weighted by Gasteiger charge is -2.29. The topological polar surface area (TPSA) is 59.6 Å². The van der Waals surface area contributed by atoms with Gasteiger partial charge in [-0.2, -0.15) is 0 Å². The molecular weight excluding hydrogens is 333 g/mol. The zero-order valence-corrected chi connectivity index (χ0v) is 14.1. The largest absolute Gasteiger partial charge is 0.497 e.